The highest BCUT2D eigenvalue weighted by Gasteiger charge is 2.30. The van der Waals surface area contributed by atoms with Gasteiger partial charge in [0.05, 0.1) is 15.9 Å². The Labute approximate surface area is 178 Å². The molecule has 0 saturated carbocycles. The van der Waals surface area contributed by atoms with Gasteiger partial charge in [-0.2, -0.15) is 4.99 Å². The second-order valence-corrected chi connectivity index (χ2v) is 8.29. The minimum absolute atomic E-state index is 0.207. The van der Waals surface area contributed by atoms with Gasteiger partial charge in [0.1, 0.15) is 0 Å². The maximum Gasteiger partial charge on any atom is 0.279 e. The predicted octanol–water partition coefficient (Wildman–Crippen LogP) is 4.07. The molecular formula is C23H23N3O3S. The van der Waals surface area contributed by atoms with Crippen LogP contribution in [0.3, 0.4) is 0 Å². The third-order valence-electron chi connectivity index (χ3n) is 5.22. The van der Waals surface area contributed by atoms with Crippen molar-refractivity contribution in [2.24, 2.45) is 4.99 Å². The molecule has 2 heterocycles. The first-order valence-electron chi connectivity index (χ1n) is 10.2. The Hall–Kier alpha value is -3.06. The van der Waals surface area contributed by atoms with E-state index in [0.29, 0.717) is 16.1 Å². The van der Waals surface area contributed by atoms with E-state index < -0.39 is 0 Å². The van der Waals surface area contributed by atoms with Crippen LogP contribution in [0.15, 0.2) is 47.5 Å². The maximum absolute atomic E-state index is 12.8. The zero-order chi connectivity index (χ0) is 21.3. The molecule has 154 valence electrons. The molecule has 30 heavy (non-hydrogen) atoms. The van der Waals surface area contributed by atoms with Crippen LogP contribution in [0.5, 0.6) is 0 Å². The highest BCUT2D eigenvalue weighted by Crippen LogP contribution is 2.23. The summed E-state index contributed by atoms with van der Waals surface area (Å²) >= 11 is 1.52. The third-order valence-corrected chi connectivity index (χ3v) is 6.26. The Morgan fingerprint density at radius 3 is 2.37 bits per heavy atom. The van der Waals surface area contributed by atoms with Crippen LogP contribution in [0.1, 0.15) is 49.0 Å². The van der Waals surface area contributed by atoms with Crippen molar-refractivity contribution >= 4 is 45.0 Å². The Kier molecular flexibility index (Phi) is 5.63. The molecule has 4 rings (SSSR count). The van der Waals surface area contributed by atoms with Gasteiger partial charge in [-0.3, -0.25) is 19.3 Å². The number of anilines is 1. The number of thiazole rings is 1. The molecule has 3 amide bonds. The molecule has 0 radical (unpaired) electrons. The fourth-order valence-corrected chi connectivity index (χ4v) is 4.75. The van der Waals surface area contributed by atoms with Gasteiger partial charge in [-0.05, 0) is 54.8 Å². The molecule has 1 saturated heterocycles. The summed E-state index contributed by atoms with van der Waals surface area (Å²) in [5.74, 6) is -0.755. The minimum atomic E-state index is -0.340. The van der Waals surface area contributed by atoms with E-state index in [0.717, 1.165) is 29.6 Å². The summed E-state index contributed by atoms with van der Waals surface area (Å²) in [7, 11) is 0. The van der Waals surface area contributed by atoms with Crippen LogP contribution in [0.25, 0.3) is 10.2 Å². The van der Waals surface area contributed by atoms with Crippen LogP contribution >= 0.6 is 11.3 Å². The van der Waals surface area contributed by atoms with Crippen LogP contribution in [-0.2, 0) is 22.6 Å². The van der Waals surface area contributed by atoms with E-state index >= 15 is 0 Å². The van der Waals surface area contributed by atoms with Gasteiger partial charge in [-0.1, -0.05) is 31.3 Å². The van der Waals surface area contributed by atoms with Crippen LogP contribution in [0, 0.1) is 0 Å². The van der Waals surface area contributed by atoms with Gasteiger partial charge in [0, 0.05) is 24.9 Å². The van der Waals surface area contributed by atoms with E-state index in [1.807, 2.05) is 0 Å². The number of carbonyl (C=O) groups excluding carboxylic acids is 3. The van der Waals surface area contributed by atoms with Crippen molar-refractivity contribution in [1.82, 2.24) is 4.57 Å². The van der Waals surface area contributed by atoms with Crippen molar-refractivity contribution in [1.29, 1.82) is 0 Å². The zero-order valence-electron chi connectivity index (χ0n) is 17.1. The second-order valence-electron chi connectivity index (χ2n) is 7.28. The zero-order valence-corrected chi connectivity index (χ0v) is 17.9. The highest BCUT2D eigenvalue weighted by atomic mass is 32.1. The Morgan fingerprint density at radius 1 is 1.03 bits per heavy atom. The topological polar surface area (TPSA) is 71.7 Å². The smallest absolute Gasteiger partial charge is 0.279 e. The summed E-state index contributed by atoms with van der Waals surface area (Å²) in [6, 6.07) is 12.9. The first kappa shape index (κ1) is 20.2. The molecule has 1 aliphatic rings. The SMILES string of the molecule is CCCn1c(=NC(=O)c2ccc(N3C(=O)CCC3=O)cc2)sc2cc(CC)ccc21. The Morgan fingerprint density at radius 2 is 1.73 bits per heavy atom. The van der Waals surface area contributed by atoms with Gasteiger partial charge in [0.2, 0.25) is 11.8 Å². The number of aryl methyl sites for hydroxylation is 2. The Balaban J connectivity index is 1.68. The summed E-state index contributed by atoms with van der Waals surface area (Å²) in [4.78, 5) is 42.8. The molecule has 0 spiro atoms. The normalized spacial score (nSPS) is 14.9. The molecule has 1 fully saturated rings. The fourth-order valence-electron chi connectivity index (χ4n) is 3.63. The van der Waals surface area contributed by atoms with E-state index in [2.05, 4.69) is 41.6 Å². The molecule has 1 aromatic heterocycles. The number of nitrogens with zero attached hydrogens (tertiary/aromatic N) is 3. The van der Waals surface area contributed by atoms with E-state index in [4.69, 9.17) is 0 Å². The van der Waals surface area contributed by atoms with Crippen molar-refractivity contribution in [3.05, 3.63) is 58.4 Å². The van der Waals surface area contributed by atoms with E-state index in [-0.39, 0.29) is 30.6 Å². The molecule has 0 bridgehead atoms. The Bertz CT molecular complexity index is 1190. The van der Waals surface area contributed by atoms with Crippen LogP contribution in [0.2, 0.25) is 0 Å². The van der Waals surface area contributed by atoms with Gasteiger partial charge >= 0.3 is 0 Å². The van der Waals surface area contributed by atoms with Gasteiger partial charge < -0.3 is 4.57 Å². The molecular weight excluding hydrogens is 398 g/mol. The third kappa shape index (κ3) is 3.73. The monoisotopic (exact) mass is 421 g/mol. The molecule has 0 atom stereocenters. The lowest BCUT2D eigenvalue weighted by Gasteiger charge is -2.13. The predicted molar refractivity (Wildman–Crippen MR) is 118 cm³/mol. The standard InChI is InChI=1S/C23H23N3O3S/c1-3-13-25-18-10-5-15(4-2)14-19(18)30-23(25)24-22(29)16-6-8-17(9-7-16)26-20(27)11-12-21(26)28/h5-10,14H,3-4,11-13H2,1-2H3. The van der Waals surface area contributed by atoms with E-state index in [9.17, 15) is 14.4 Å². The van der Waals surface area contributed by atoms with Crippen molar-refractivity contribution < 1.29 is 14.4 Å². The average molecular weight is 422 g/mol. The van der Waals surface area contributed by atoms with E-state index in [1.54, 1.807) is 24.3 Å². The summed E-state index contributed by atoms with van der Waals surface area (Å²) in [6.07, 6.45) is 2.37. The number of aromatic nitrogens is 1. The number of imide groups is 1. The van der Waals surface area contributed by atoms with Crippen molar-refractivity contribution in [2.45, 2.75) is 46.1 Å². The minimum Gasteiger partial charge on any atom is -0.316 e. The molecule has 0 N–H and O–H groups in total. The number of hydrogen-bond acceptors (Lipinski definition) is 4. The molecule has 0 aliphatic carbocycles. The lowest BCUT2D eigenvalue weighted by Crippen LogP contribution is -2.28. The van der Waals surface area contributed by atoms with Gasteiger partial charge in [-0.25, -0.2) is 0 Å². The summed E-state index contributed by atoms with van der Waals surface area (Å²) in [6.45, 7) is 5.01. The van der Waals surface area contributed by atoms with Crippen LogP contribution in [0.4, 0.5) is 5.69 Å². The second kappa shape index (κ2) is 8.36. The largest absolute Gasteiger partial charge is 0.316 e. The number of fused-ring (bicyclic) bond motifs is 1. The highest BCUT2D eigenvalue weighted by molar-refractivity contribution is 7.16. The lowest BCUT2D eigenvalue weighted by molar-refractivity contribution is -0.121. The molecule has 2 aromatic carbocycles. The molecule has 1 aliphatic heterocycles. The van der Waals surface area contributed by atoms with Gasteiger partial charge in [0.25, 0.3) is 5.91 Å². The first-order valence-corrected chi connectivity index (χ1v) is 11.0. The summed E-state index contributed by atoms with van der Waals surface area (Å²) in [5, 5.41) is 0. The van der Waals surface area contributed by atoms with Crippen LogP contribution < -0.4 is 9.70 Å². The number of benzene rings is 2. The van der Waals surface area contributed by atoms with Crippen molar-refractivity contribution in [3.63, 3.8) is 0 Å². The molecule has 6 nitrogen and oxygen atoms in total. The van der Waals surface area contributed by atoms with Gasteiger partial charge in [-0.15, -0.1) is 0 Å². The van der Waals surface area contributed by atoms with Gasteiger partial charge in [0.15, 0.2) is 4.80 Å². The van der Waals surface area contributed by atoms with Crippen LogP contribution in [-0.4, -0.2) is 22.3 Å². The average Bonchev–Trinajstić information content (AvgIpc) is 3.27. The number of carbonyl (C=O) groups is 3. The molecule has 0 unspecified atom stereocenters. The number of rotatable bonds is 5. The lowest BCUT2D eigenvalue weighted by atomic mass is 10.2. The summed E-state index contributed by atoms with van der Waals surface area (Å²) < 4.78 is 3.21. The first-order chi connectivity index (χ1) is 14.5. The van der Waals surface area contributed by atoms with Crippen molar-refractivity contribution in [3.8, 4) is 0 Å². The quantitative estimate of drug-likeness (QED) is 0.583. The maximum atomic E-state index is 12.8. The molecule has 3 aromatic rings. The molecule has 7 heteroatoms. The number of amides is 3. The number of hydrogen-bond donors (Lipinski definition) is 0. The van der Waals surface area contributed by atoms with Crippen molar-refractivity contribution in [2.75, 3.05) is 4.90 Å². The van der Waals surface area contributed by atoms with E-state index in [1.165, 1.54) is 21.8 Å². The fraction of sp³-hybridized carbons (Fsp3) is 0.304. The summed E-state index contributed by atoms with van der Waals surface area (Å²) in [5.41, 5.74) is 3.26.